The van der Waals surface area contributed by atoms with Crippen LogP contribution in [0.2, 0.25) is 0 Å². The van der Waals surface area contributed by atoms with E-state index in [-0.39, 0.29) is 18.4 Å². The van der Waals surface area contributed by atoms with Crippen molar-refractivity contribution in [3.05, 3.63) is 23.7 Å². The summed E-state index contributed by atoms with van der Waals surface area (Å²) in [5.74, 6) is -0.604. The Morgan fingerprint density at radius 1 is 1.64 bits per heavy atom. The summed E-state index contributed by atoms with van der Waals surface area (Å²) < 4.78 is 5.00. The Morgan fingerprint density at radius 2 is 2.36 bits per heavy atom. The van der Waals surface area contributed by atoms with Crippen LogP contribution < -0.4 is 5.32 Å². The zero-order valence-corrected chi connectivity index (χ0v) is 7.86. The molecular formula is C9H13NO4. The van der Waals surface area contributed by atoms with Crippen LogP contribution in [-0.4, -0.2) is 28.8 Å². The van der Waals surface area contributed by atoms with E-state index in [4.69, 9.17) is 14.6 Å². The molecule has 0 aliphatic carbocycles. The molecule has 1 rings (SSSR count). The SMILES string of the molecule is C[C@H](CO)NCc1ccc(C(=O)O)o1. The minimum Gasteiger partial charge on any atom is -0.475 e. The highest BCUT2D eigenvalue weighted by atomic mass is 16.4. The summed E-state index contributed by atoms with van der Waals surface area (Å²) in [6.07, 6.45) is 0. The molecule has 0 spiro atoms. The van der Waals surface area contributed by atoms with Crippen LogP contribution >= 0.6 is 0 Å². The van der Waals surface area contributed by atoms with Crippen molar-refractivity contribution in [2.75, 3.05) is 6.61 Å². The Morgan fingerprint density at radius 3 is 2.86 bits per heavy atom. The zero-order chi connectivity index (χ0) is 10.6. The van der Waals surface area contributed by atoms with Crippen molar-refractivity contribution in [2.45, 2.75) is 19.5 Å². The van der Waals surface area contributed by atoms with Crippen LogP contribution in [0.3, 0.4) is 0 Å². The largest absolute Gasteiger partial charge is 0.475 e. The van der Waals surface area contributed by atoms with Gasteiger partial charge in [0, 0.05) is 6.04 Å². The van der Waals surface area contributed by atoms with E-state index >= 15 is 0 Å². The zero-order valence-electron chi connectivity index (χ0n) is 7.86. The van der Waals surface area contributed by atoms with Gasteiger partial charge in [0.2, 0.25) is 5.76 Å². The van der Waals surface area contributed by atoms with Crippen molar-refractivity contribution in [3.63, 3.8) is 0 Å². The molecule has 14 heavy (non-hydrogen) atoms. The van der Waals surface area contributed by atoms with E-state index in [0.29, 0.717) is 12.3 Å². The fourth-order valence-corrected chi connectivity index (χ4v) is 0.927. The highest BCUT2D eigenvalue weighted by molar-refractivity contribution is 5.84. The lowest BCUT2D eigenvalue weighted by Gasteiger charge is -2.07. The number of nitrogens with one attached hydrogen (secondary N) is 1. The fourth-order valence-electron chi connectivity index (χ4n) is 0.927. The second-order valence-corrected chi connectivity index (χ2v) is 3.04. The molecule has 0 saturated heterocycles. The van der Waals surface area contributed by atoms with E-state index in [1.807, 2.05) is 6.92 Å². The van der Waals surface area contributed by atoms with Gasteiger partial charge >= 0.3 is 5.97 Å². The van der Waals surface area contributed by atoms with Crippen LogP contribution in [0.25, 0.3) is 0 Å². The summed E-state index contributed by atoms with van der Waals surface area (Å²) in [4.78, 5) is 10.5. The lowest BCUT2D eigenvalue weighted by Crippen LogP contribution is -2.28. The molecule has 0 unspecified atom stereocenters. The summed E-state index contributed by atoms with van der Waals surface area (Å²) in [5, 5.41) is 20.3. The first-order valence-electron chi connectivity index (χ1n) is 4.29. The van der Waals surface area contributed by atoms with E-state index in [1.54, 1.807) is 6.07 Å². The Labute approximate surface area is 81.4 Å². The highest BCUT2D eigenvalue weighted by Crippen LogP contribution is 2.07. The molecule has 0 aliphatic heterocycles. The first-order valence-corrected chi connectivity index (χ1v) is 4.29. The Balaban J connectivity index is 2.48. The van der Waals surface area contributed by atoms with Gasteiger partial charge in [-0.2, -0.15) is 0 Å². The number of furan rings is 1. The van der Waals surface area contributed by atoms with Crippen LogP contribution in [0.4, 0.5) is 0 Å². The van der Waals surface area contributed by atoms with Gasteiger partial charge in [0.05, 0.1) is 13.2 Å². The quantitative estimate of drug-likeness (QED) is 0.641. The molecule has 0 bridgehead atoms. The van der Waals surface area contributed by atoms with E-state index in [1.165, 1.54) is 6.07 Å². The normalized spacial score (nSPS) is 12.7. The van der Waals surface area contributed by atoms with Gasteiger partial charge in [-0.25, -0.2) is 4.79 Å². The Hall–Kier alpha value is -1.33. The number of carboxylic acids is 1. The monoisotopic (exact) mass is 199 g/mol. The third kappa shape index (κ3) is 2.86. The van der Waals surface area contributed by atoms with Gasteiger partial charge in [0.1, 0.15) is 5.76 Å². The summed E-state index contributed by atoms with van der Waals surface area (Å²) in [6, 6.07) is 2.97. The first kappa shape index (κ1) is 10.7. The van der Waals surface area contributed by atoms with Crippen LogP contribution in [0, 0.1) is 0 Å². The molecule has 1 heterocycles. The lowest BCUT2D eigenvalue weighted by molar-refractivity contribution is 0.0660. The summed E-state index contributed by atoms with van der Waals surface area (Å²) >= 11 is 0. The molecule has 78 valence electrons. The molecule has 1 atom stereocenters. The summed E-state index contributed by atoms with van der Waals surface area (Å²) in [6.45, 7) is 2.27. The molecule has 0 saturated carbocycles. The molecule has 0 radical (unpaired) electrons. The van der Waals surface area contributed by atoms with Gasteiger partial charge in [-0.3, -0.25) is 0 Å². The molecule has 0 fully saturated rings. The average Bonchev–Trinajstić information content (AvgIpc) is 2.62. The van der Waals surface area contributed by atoms with Crippen molar-refractivity contribution in [2.24, 2.45) is 0 Å². The number of hydrogen-bond acceptors (Lipinski definition) is 4. The van der Waals surface area contributed by atoms with Crippen LogP contribution in [-0.2, 0) is 6.54 Å². The number of aliphatic hydroxyl groups excluding tert-OH is 1. The van der Waals surface area contributed by atoms with Gasteiger partial charge in [0.15, 0.2) is 0 Å². The number of aromatic carboxylic acids is 1. The van der Waals surface area contributed by atoms with E-state index < -0.39 is 5.97 Å². The van der Waals surface area contributed by atoms with Gasteiger partial charge in [0.25, 0.3) is 0 Å². The molecule has 5 heteroatoms. The average molecular weight is 199 g/mol. The number of aliphatic hydroxyl groups is 1. The minimum atomic E-state index is -1.08. The number of carbonyl (C=O) groups is 1. The molecule has 0 aliphatic rings. The number of hydrogen-bond donors (Lipinski definition) is 3. The Kier molecular flexibility index (Phi) is 3.67. The molecule has 1 aromatic heterocycles. The van der Waals surface area contributed by atoms with E-state index in [2.05, 4.69) is 5.32 Å². The second-order valence-electron chi connectivity index (χ2n) is 3.04. The van der Waals surface area contributed by atoms with Crippen molar-refractivity contribution < 1.29 is 19.4 Å². The molecule has 0 aromatic carbocycles. The number of carboxylic acid groups (broad SMARTS) is 1. The van der Waals surface area contributed by atoms with Gasteiger partial charge in [-0.05, 0) is 19.1 Å². The smallest absolute Gasteiger partial charge is 0.371 e. The molecule has 1 aromatic rings. The lowest BCUT2D eigenvalue weighted by atomic mass is 10.3. The number of rotatable bonds is 5. The fraction of sp³-hybridized carbons (Fsp3) is 0.444. The predicted octanol–water partition coefficient (Wildman–Crippen LogP) is 0.448. The molecule has 5 nitrogen and oxygen atoms in total. The van der Waals surface area contributed by atoms with Crippen LogP contribution in [0.5, 0.6) is 0 Å². The summed E-state index contributed by atoms with van der Waals surface area (Å²) in [5.41, 5.74) is 0. The van der Waals surface area contributed by atoms with Gasteiger partial charge < -0.3 is 19.9 Å². The highest BCUT2D eigenvalue weighted by Gasteiger charge is 2.09. The predicted molar refractivity (Wildman–Crippen MR) is 49.1 cm³/mol. The molecular weight excluding hydrogens is 186 g/mol. The van der Waals surface area contributed by atoms with Crippen molar-refractivity contribution in [3.8, 4) is 0 Å². The van der Waals surface area contributed by atoms with Crippen molar-refractivity contribution >= 4 is 5.97 Å². The van der Waals surface area contributed by atoms with Crippen molar-refractivity contribution in [1.82, 2.24) is 5.32 Å². The Bertz CT molecular complexity index is 308. The minimum absolute atomic E-state index is 0.0339. The van der Waals surface area contributed by atoms with E-state index in [9.17, 15) is 4.79 Å². The second kappa shape index (κ2) is 4.78. The van der Waals surface area contributed by atoms with Gasteiger partial charge in [-0.1, -0.05) is 0 Å². The third-order valence-electron chi connectivity index (χ3n) is 1.77. The topological polar surface area (TPSA) is 82.7 Å². The molecule has 0 amide bonds. The first-order chi connectivity index (χ1) is 6.63. The molecule has 3 N–H and O–H groups in total. The maximum atomic E-state index is 10.5. The van der Waals surface area contributed by atoms with E-state index in [0.717, 1.165) is 0 Å². The standard InChI is InChI=1S/C9H13NO4/c1-6(5-11)10-4-7-2-3-8(14-7)9(12)13/h2-3,6,10-11H,4-5H2,1H3,(H,12,13)/t6-/m1/s1. The van der Waals surface area contributed by atoms with Gasteiger partial charge in [-0.15, -0.1) is 0 Å². The van der Waals surface area contributed by atoms with Crippen LogP contribution in [0.15, 0.2) is 16.5 Å². The maximum absolute atomic E-state index is 10.5. The third-order valence-corrected chi connectivity index (χ3v) is 1.77. The van der Waals surface area contributed by atoms with Crippen LogP contribution in [0.1, 0.15) is 23.2 Å². The van der Waals surface area contributed by atoms with Crippen molar-refractivity contribution in [1.29, 1.82) is 0 Å². The summed E-state index contributed by atoms with van der Waals surface area (Å²) in [7, 11) is 0. The maximum Gasteiger partial charge on any atom is 0.371 e.